The van der Waals surface area contributed by atoms with Gasteiger partial charge in [-0.1, -0.05) is 57.0 Å². The Morgan fingerprint density at radius 2 is 1.44 bits per heavy atom. The molecular weight excluding hydrogens is 430 g/mol. The Morgan fingerprint density at radius 3 is 1.97 bits per heavy atom. The molecule has 2 aromatic carbocycles. The van der Waals surface area contributed by atoms with E-state index in [9.17, 15) is 9.59 Å². The zero-order valence-corrected chi connectivity index (χ0v) is 20.4. The summed E-state index contributed by atoms with van der Waals surface area (Å²) in [4.78, 5) is 27.9. The van der Waals surface area contributed by atoms with Crippen LogP contribution in [0.3, 0.4) is 0 Å². The summed E-state index contributed by atoms with van der Waals surface area (Å²) in [6, 6.07) is 17.1. The van der Waals surface area contributed by atoms with Crippen LogP contribution in [0.5, 0.6) is 0 Å². The number of aromatic nitrogens is 2. The largest absolute Gasteiger partial charge is 0.465 e. The molecule has 34 heavy (non-hydrogen) atoms. The van der Waals surface area contributed by atoms with E-state index < -0.39 is 11.9 Å². The molecule has 0 saturated carbocycles. The normalized spacial score (nSPS) is 10.7. The minimum Gasteiger partial charge on any atom is -0.465 e. The maximum Gasteiger partial charge on any atom is 0.357 e. The Labute approximate surface area is 201 Å². The number of anilines is 1. The number of para-hydroxylation sites is 1. The number of esters is 2. The summed E-state index contributed by atoms with van der Waals surface area (Å²) in [7, 11) is 2.57. The molecule has 7 nitrogen and oxygen atoms in total. The third-order valence-corrected chi connectivity index (χ3v) is 5.72. The number of carbonyl (C=O) groups excluding carboxylic acids is 2. The van der Waals surface area contributed by atoms with Gasteiger partial charge in [-0.05, 0) is 37.1 Å². The molecule has 3 aromatic rings. The lowest BCUT2D eigenvalue weighted by Gasteiger charge is -2.24. The van der Waals surface area contributed by atoms with Crippen molar-refractivity contribution in [2.75, 3.05) is 32.2 Å². The molecule has 0 aliphatic rings. The average Bonchev–Trinajstić information content (AvgIpc) is 3.29. The maximum atomic E-state index is 12.8. The van der Waals surface area contributed by atoms with E-state index in [1.165, 1.54) is 18.9 Å². The van der Waals surface area contributed by atoms with Crippen molar-refractivity contribution in [3.8, 4) is 16.9 Å². The maximum absolute atomic E-state index is 12.8. The average molecular weight is 464 g/mol. The minimum absolute atomic E-state index is 0.0344. The quantitative estimate of drug-likeness (QED) is 0.349. The molecular formula is C27H33N3O4. The molecule has 0 amide bonds. The molecule has 0 aliphatic heterocycles. The second-order valence-electron chi connectivity index (χ2n) is 8.04. The summed E-state index contributed by atoms with van der Waals surface area (Å²) < 4.78 is 11.5. The van der Waals surface area contributed by atoms with Crippen LogP contribution in [0, 0.1) is 0 Å². The SMILES string of the molecule is CCCCN(CCCC)c1ccc(-c2nn(-c3ccccc3)c(C(=O)OC)c2C(=O)OC)cc1. The van der Waals surface area contributed by atoms with E-state index in [-0.39, 0.29) is 11.3 Å². The highest BCUT2D eigenvalue weighted by atomic mass is 16.5. The number of hydrogen-bond donors (Lipinski definition) is 0. The van der Waals surface area contributed by atoms with Gasteiger partial charge in [0, 0.05) is 24.3 Å². The van der Waals surface area contributed by atoms with Gasteiger partial charge in [0.1, 0.15) is 11.3 Å². The fraction of sp³-hybridized carbons (Fsp3) is 0.370. The van der Waals surface area contributed by atoms with E-state index in [1.807, 2.05) is 54.6 Å². The summed E-state index contributed by atoms with van der Waals surface area (Å²) in [6.07, 6.45) is 4.52. The van der Waals surface area contributed by atoms with Crippen LogP contribution in [0.15, 0.2) is 54.6 Å². The first kappa shape index (κ1) is 25.0. The van der Waals surface area contributed by atoms with E-state index in [4.69, 9.17) is 9.47 Å². The highest BCUT2D eigenvalue weighted by Gasteiger charge is 2.31. The number of benzene rings is 2. The lowest BCUT2D eigenvalue weighted by atomic mass is 10.0. The van der Waals surface area contributed by atoms with Gasteiger partial charge < -0.3 is 14.4 Å². The van der Waals surface area contributed by atoms with Crippen LogP contribution in [0.2, 0.25) is 0 Å². The van der Waals surface area contributed by atoms with E-state index in [0.29, 0.717) is 11.4 Å². The Balaban J connectivity index is 2.10. The Morgan fingerprint density at radius 1 is 0.853 bits per heavy atom. The van der Waals surface area contributed by atoms with Crippen LogP contribution in [-0.2, 0) is 9.47 Å². The van der Waals surface area contributed by atoms with Gasteiger partial charge in [0.25, 0.3) is 0 Å². The molecule has 0 radical (unpaired) electrons. The molecule has 3 rings (SSSR count). The van der Waals surface area contributed by atoms with Crippen LogP contribution in [0.4, 0.5) is 5.69 Å². The van der Waals surface area contributed by atoms with Crippen molar-refractivity contribution in [1.29, 1.82) is 0 Å². The van der Waals surface area contributed by atoms with Crippen molar-refractivity contribution >= 4 is 17.6 Å². The number of unbranched alkanes of at least 4 members (excludes halogenated alkanes) is 2. The molecule has 0 aliphatic carbocycles. The second kappa shape index (κ2) is 12.0. The summed E-state index contributed by atoms with van der Waals surface area (Å²) in [5.74, 6) is -1.31. The summed E-state index contributed by atoms with van der Waals surface area (Å²) in [6.45, 7) is 6.38. The molecule has 0 saturated heterocycles. The molecule has 0 spiro atoms. The fourth-order valence-electron chi connectivity index (χ4n) is 3.85. The first-order valence-electron chi connectivity index (χ1n) is 11.8. The van der Waals surface area contributed by atoms with Crippen molar-refractivity contribution in [1.82, 2.24) is 9.78 Å². The van der Waals surface area contributed by atoms with Gasteiger partial charge >= 0.3 is 11.9 Å². The molecule has 7 heteroatoms. The van der Waals surface area contributed by atoms with Crippen molar-refractivity contribution in [2.24, 2.45) is 0 Å². The molecule has 1 aromatic heterocycles. The second-order valence-corrected chi connectivity index (χ2v) is 8.04. The van der Waals surface area contributed by atoms with Crippen molar-refractivity contribution in [3.63, 3.8) is 0 Å². The smallest absolute Gasteiger partial charge is 0.357 e. The lowest BCUT2D eigenvalue weighted by Crippen LogP contribution is -2.25. The van der Waals surface area contributed by atoms with Gasteiger partial charge in [0.15, 0.2) is 5.69 Å². The van der Waals surface area contributed by atoms with E-state index >= 15 is 0 Å². The number of carbonyl (C=O) groups is 2. The van der Waals surface area contributed by atoms with Gasteiger partial charge in [-0.25, -0.2) is 14.3 Å². The van der Waals surface area contributed by atoms with Crippen LogP contribution < -0.4 is 4.90 Å². The molecule has 1 heterocycles. The van der Waals surface area contributed by atoms with Crippen molar-refractivity contribution < 1.29 is 19.1 Å². The predicted molar refractivity (Wildman–Crippen MR) is 134 cm³/mol. The monoisotopic (exact) mass is 463 g/mol. The topological polar surface area (TPSA) is 73.7 Å². The zero-order chi connectivity index (χ0) is 24.5. The molecule has 0 unspecified atom stereocenters. The molecule has 0 bridgehead atoms. The van der Waals surface area contributed by atoms with Crippen molar-refractivity contribution in [2.45, 2.75) is 39.5 Å². The highest BCUT2D eigenvalue weighted by molar-refractivity contribution is 6.06. The Hall–Kier alpha value is -3.61. The standard InChI is InChI=1S/C27H33N3O4/c1-5-7-18-29(19-8-6-2)21-16-14-20(15-17-21)24-23(26(31)33-3)25(27(32)34-4)30(28-24)22-12-10-9-11-13-22/h9-17H,5-8,18-19H2,1-4H3. The molecule has 180 valence electrons. The molecule has 0 N–H and O–H groups in total. The third-order valence-electron chi connectivity index (χ3n) is 5.72. The Bertz CT molecular complexity index is 1080. The van der Waals surface area contributed by atoms with E-state index in [1.54, 1.807) is 0 Å². The zero-order valence-electron chi connectivity index (χ0n) is 20.4. The number of rotatable bonds is 11. The third kappa shape index (κ3) is 5.47. The van der Waals surface area contributed by atoms with Crippen molar-refractivity contribution in [3.05, 3.63) is 65.9 Å². The van der Waals surface area contributed by atoms with Gasteiger partial charge in [-0.15, -0.1) is 0 Å². The van der Waals surface area contributed by atoms with Crippen LogP contribution in [0.25, 0.3) is 16.9 Å². The van der Waals surface area contributed by atoms with E-state index in [2.05, 4.69) is 23.8 Å². The Kier molecular flexibility index (Phi) is 8.85. The first-order valence-corrected chi connectivity index (χ1v) is 11.8. The molecule has 0 fully saturated rings. The van der Waals surface area contributed by atoms with Gasteiger partial charge in [0.2, 0.25) is 0 Å². The minimum atomic E-state index is -0.662. The van der Waals surface area contributed by atoms with E-state index in [0.717, 1.165) is 50.0 Å². The number of ether oxygens (including phenoxy) is 2. The number of methoxy groups -OCH3 is 2. The van der Waals surface area contributed by atoms with Crippen LogP contribution >= 0.6 is 0 Å². The molecule has 0 atom stereocenters. The number of nitrogens with zero attached hydrogens (tertiary/aromatic N) is 3. The lowest BCUT2D eigenvalue weighted by molar-refractivity contribution is 0.0549. The van der Waals surface area contributed by atoms with Gasteiger partial charge in [0.05, 0.1) is 19.9 Å². The van der Waals surface area contributed by atoms with Crippen LogP contribution in [0.1, 0.15) is 60.4 Å². The fourth-order valence-corrected chi connectivity index (χ4v) is 3.85. The highest BCUT2D eigenvalue weighted by Crippen LogP contribution is 2.30. The first-order chi connectivity index (χ1) is 16.5. The number of hydrogen-bond acceptors (Lipinski definition) is 6. The summed E-state index contributed by atoms with van der Waals surface area (Å²) >= 11 is 0. The van der Waals surface area contributed by atoms with Crippen LogP contribution in [-0.4, -0.2) is 49.0 Å². The predicted octanol–water partition coefficient (Wildman–Crippen LogP) is 5.52. The van der Waals surface area contributed by atoms with Gasteiger partial charge in [-0.2, -0.15) is 5.10 Å². The summed E-state index contributed by atoms with van der Waals surface area (Å²) in [5, 5.41) is 4.66. The summed E-state index contributed by atoms with van der Waals surface area (Å²) in [5.41, 5.74) is 2.97. The van der Waals surface area contributed by atoms with Gasteiger partial charge in [-0.3, -0.25) is 0 Å².